The van der Waals surface area contributed by atoms with Crippen LogP contribution < -0.4 is 5.73 Å². The summed E-state index contributed by atoms with van der Waals surface area (Å²) in [5.41, 5.74) is 6.42. The Bertz CT molecular complexity index is 209. The van der Waals surface area contributed by atoms with E-state index in [-0.39, 0.29) is 5.54 Å². The highest BCUT2D eigenvalue weighted by Gasteiger charge is 2.39. The summed E-state index contributed by atoms with van der Waals surface area (Å²) in [6.07, 6.45) is 2.65. The summed E-state index contributed by atoms with van der Waals surface area (Å²) in [6.45, 7) is 9.98. The molecule has 0 saturated heterocycles. The van der Waals surface area contributed by atoms with Gasteiger partial charge in [0.15, 0.2) is 0 Å². The molecule has 2 unspecified atom stereocenters. The molecule has 0 aromatic heterocycles. The van der Waals surface area contributed by atoms with Gasteiger partial charge in [0.25, 0.3) is 0 Å². The summed E-state index contributed by atoms with van der Waals surface area (Å²) in [5, 5.41) is 0. The molecule has 0 aromatic carbocycles. The van der Waals surface area contributed by atoms with Crippen molar-refractivity contribution in [3.63, 3.8) is 0 Å². The summed E-state index contributed by atoms with van der Waals surface area (Å²) < 4.78 is 0. The highest BCUT2D eigenvalue weighted by Crippen LogP contribution is 2.38. The van der Waals surface area contributed by atoms with Crippen molar-refractivity contribution in [2.45, 2.75) is 45.2 Å². The Balaban J connectivity index is 2.46. The summed E-state index contributed by atoms with van der Waals surface area (Å²) in [6, 6.07) is 0.585. The molecule has 2 N–H and O–H groups in total. The first-order valence-electron chi connectivity index (χ1n) is 6.54. The number of likely N-dealkylation sites (N-methyl/N-ethyl adjacent to an activating group) is 2. The van der Waals surface area contributed by atoms with Crippen LogP contribution in [0.2, 0.25) is 0 Å². The van der Waals surface area contributed by atoms with Gasteiger partial charge in [-0.1, -0.05) is 6.92 Å². The van der Waals surface area contributed by atoms with Gasteiger partial charge in [0.1, 0.15) is 0 Å². The van der Waals surface area contributed by atoms with Crippen LogP contribution in [-0.4, -0.2) is 55.1 Å². The minimum absolute atomic E-state index is 0.0105. The Morgan fingerprint density at radius 2 is 1.94 bits per heavy atom. The van der Waals surface area contributed by atoms with Crippen molar-refractivity contribution in [2.24, 2.45) is 11.7 Å². The predicted molar refractivity (Wildman–Crippen MR) is 70.6 cm³/mol. The minimum Gasteiger partial charge on any atom is -0.324 e. The van der Waals surface area contributed by atoms with Crippen molar-refractivity contribution in [3.05, 3.63) is 0 Å². The maximum absolute atomic E-state index is 6.41. The van der Waals surface area contributed by atoms with Gasteiger partial charge in [-0.05, 0) is 53.2 Å². The number of nitrogens with two attached hydrogens (primary N) is 1. The van der Waals surface area contributed by atoms with Crippen LogP contribution in [0.3, 0.4) is 0 Å². The van der Waals surface area contributed by atoms with Gasteiger partial charge in [0.05, 0.1) is 0 Å². The third kappa shape index (κ3) is 4.04. The quantitative estimate of drug-likeness (QED) is 0.713. The molecule has 0 aromatic rings. The standard InChI is InChI=1S/C13H29N3/c1-6-16(11(2)9-15(4)5)10-13(3,14)12-7-8-12/h11-12H,6-10,14H2,1-5H3. The monoisotopic (exact) mass is 227 g/mol. The van der Waals surface area contributed by atoms with Gasteiger partial charge in [0, 0.05) is 24.7 Å². The molecule has 0 amide bonds. The van der Waals surface area contributed by atoms with E-state index in [0.29, 0.717) is 6.04 Å². The number of hydrogen-bond acceptors (Lipinski definition) is 3. The van der Waals surface area contributed by atoms with Gasteiger partial charge in [-0.3, -0.25) is 4.90 Å². The van der Waals surface area contributed by atoms with Crippen molar-refractivity contribution in [2.75, 3.05) is 33.7 Å². The van der Waals surface area contributed by atoms with E-state index in [2.05, 4.69) is 44.7 Å². The first kappa shape index (κ1) is 13.9. The maximum atomic E-state index is 6.41. The molecule has 0 heterocycles. The first-order valence-corrected chi connectivity index (χ1v) is 6.54. The van der Waals surface area contributed by atoms with Gasteiger partial charge < -0.3 is 10.6 Å². The van der Waals surface area contributed by atoms with Crippen LogP contribution in [0.1, 0.15) is 33.6 Å². The molecule has 3 nitrogen and oxygen atoms in total. The Morgan fingerprint density at radius 3 is 2.31 bits per heavy atom. The number of rotatable bonds is 7. The van der Waals surface area contributed by atoms with E-state index in [1.54, 1.807) is 0 Å². The summed E-state index contributed by atoms with van der Waals surface area (Å²) in [5.74, 6) is 0.758. The second-order valence-electron chi connectivity index (χ2n) is 5.95. The van der Waals surface area contributed by atoms with Gasteiger partial charge in [-0.2, -0.15) is 0 Å². The fourth-order valence-electron chi connectivity index (χ4n) is 2.53. The highest BCUT2D eigenvalue weighted by molar-refractivity contribution is 4.97. The van der Waals surface area contributed by atoms with Crippen molar-refractivity contribution >= 4 is 0 Å². The molecule has 1 rings (SSSR count). The van der Waals surface area contributed by atoms with Gasteiger partial charge in [-0.25, -0.2) is 0 Å². The fraction of sp³-hybridized carbons (Fsp3) is 1.00. The minimum atomic E-state index is 0.0105. The molecule has 1 fully saturated rings. The van der Waals surface area contributed by atoms with E-state index < -0.39 is 0 Å². The molecule has 1 aliphatic carbocycles. The summed E-state index contributed by atoms with van der Waals surface area (Å²) >= 11 is 0. The first-order chi connectivity index (χ1) is 7.36. The third-order valence-corrected chi connectivity index (χ3v) is 3.71. The molecule has 0 bridgehead atoms. The maximum Gasteiger partial charge on any atom is 0.0283 e. The Kier molecular flexibility index (Phi) is 4.77. The fourth-order valence-corrected chi connectivity index (χ4v) is 2.53. The largest absolute Gasteiger partial charge is 0.324 e. The predicted octanol–water partition coefficient (Wildman–Crippen LogP) is 1.39. The summed E-state index contributed by atoms with van der Waals surface area (Å²) in [7, 11) is 4.26. The zero-order valence-electron chi connectivity index (χ0n) is 11.7. The van der Waals surface area contributed by atoms with Crippen LogP contribution in [0.25, 0.3) is 0 Å². The molecule has 16 heavy (non-hydrogen) atoms. The lowest BCUT2D eigenvalue weighted by Crippen LogP contribution is -2.53. The molecular weight excluding hydrogens is 198 g/mol. The lowest BCUT2D eigenvalue weighted by atomic mass is 9.96. The molecule has 0 aliphatic heterocycles. The molecule has 0 radical (unpaired) electrons. The Hall–Kier alpha value is -0.120. The van der Waals surface area contributed by atoms with Crippen LogP contribution in [0.5, 0.6) is 0 Å². The smallest absolute Gasteiger partial charge is 0.0283 e. The van der Waals surface area contributed by atoms with E-state index in [1.807, 2.05) is 0 Å². The Labute approximate surface area is 101 Å². The van der Waals surface area contributed by atoms with Gasteiger partial charge in [0.2, 0.25) is 0 Å². The zero-order chi connectivity index (χ0) is 12.3. The zero-order valence-corrected chi connectivity index (χ0v) is 11.7. The van der Waals surface area contributed by atoms with Gasteiger partial charge >= 0.3 is 0 Å². The van der Waals surface area contributed by atoms with Crippen LogP contribution in [-0.2, 0) is 0 Å². The topological polar surface area (TPSA) is 32.5 Å². The average molecular weight is 227 g/mol. The molecule has 1 saturated carbocycles. The lowest BCUT2D eigenvalue weighted by Gasteiger charge is -2.36. The molecule has 2 atom stereocenters. The Morgan fingerprint density at radius 1 is 1.38 bits per heavy atom. The van der Waals surface area contributed by atoms with E-state index in [0.717, 1.165) is 25.6 Å². The van der Waals surface area contributed by atoms with Crippen molar-refractivity contribution in [1.29, 1.82) is 0 Å². The van der Waals surface area contributed by atoms with Crippen LogP contribution >= 0.6 is 0 Å². The summed E-state index contributed by atoms with van der Waals surface area (Å²) in [4.78, 5) is 4.76. The SMILES string of the molecule is CCN(CC(C)(N)C1CC1)C(C)CN(C)C. The van der Waals surface area contributed by atoms with Crippen molar-refractivity contribution in [3.8, 4) is 0 Å². The van der Waals surface area contributed by atoms with Crippen molar-refractivity contribution < 1.29 is 0 Å². The van der Waals surface area contributed by atoms with Gasteiger partial charge in [-0.15, -0.1) is 0 Å². The van der Waals surface area contributed by atoms with E-state index in [4.69, 9.17) is 5.73 Å². The molecular formula is C13H29N3. The highest BCUT2D eigenvalue weighted by atomic mass is 15.2. The lowest BCUT2D eigenvalue weighted by molar-refractivity contribution is 0.141. The molecule has 0 spiro atoms. The second kappa shape index (κ2) is 5.48. The van der Waals surface area contributed by atoms with Crippen LogP contribution in [0.4, 0.5) is 0 Å². The molecule has 1 aliphatic rings. The second-order valence-corrected chi connectivity index (χ2v) is 5.95. The normalized spacial score (nSPS) is 22.5. The average Bonchev–Trinajstić information content (AvgIpc) is 2.95. The third-order valence-electron chi connectivity index (χ3n) is 3.71. The molecule has 3 heteroatoms. The van der Waals surface area contributed by atoms with E-state index >= 15 is 0 Å². The van der Waals surface area contributed by atoms with Crippen LogP contribution in [0.15, 0.2) is 0 Å². The van der Waals surface area contributed by atoms with E-state index in [1.165, 1.54) is 12.8 Å². The number of nitrogens with zero attached hydrogens (tertiary/aromatic N) is 2. The van der Waals surface area contributed by atoms with Crippen molar-refractivity contribution in [1.82, 2.24) is 9.80 Å². The molecule has 96 valence electrons. The van der Waals surface area contributed by atoms with E-state index in [9.17, 15) is 0 Å². The number of hydrogen-bond donors (Lipinski definition) is 1. The van der Waals surface area contributed by atoms with Crippen LogP contribution in [0, 0.1) is 5.92 Å².